The van der Waals surface area contributed by atoms with Crippen LogP contribution in [0.3, 0.4) is 0 Å². The molecule has 32 heavy (non-hydrogen) atoms. The monoisotopic (exact) mass is 431 g/mol. The van der Waals surface area contributed by atoms with Crippen molar-refractivity contribution in [3.63, 3.8) is 0 Å². The molecule has 0 fully saturated rings. The second-order valence-corrected chi connectivity index (χ2v) is 8.50. The Balaban J connectivity index is 1.55. The van der Waals surface area contributed by atoms with Gasteiger partial charge in [0.05, 0.1) is 17.9 Å². The number of nitrogens with zero attached hydrogens (tertiary/aromatic N) is 5. The highest BCUT2D eigenvalue weighted by atomic mass is 16.2. The average molecular weight is 432 g/mol. The van der Waals surface area contributed by atoms with E-state index in [4.69, 9.17) is 5.10 Å². The van der Waals surface area contributed by atoms with Crippen LogP contribution in [0.25, 0.3) is 11.3 Å². The van der Waals surface area contributed by atoms with Crippen LogP contribution in [0.1, 0.15) is 37.9 Å². The third-order valence-corrected chi connectivity index (χ3v) is 5.06. The van der Waals surface area contributed by atoms with E-state index in [1.807, 2.05) is 55.5 Å². The van der Waals surface area contributed by atoms with Gasteiger partial charge in [0.1, 0.15) is 5.82 Å². The zero-order valence-electron chi connectivity index (χ0n) is 18.5. The Hall–Kier alpha value is -4.01. The van der Waals surface area contributed by atoms with E-state index in [9.17, 15) is 9.59 Å². The third-order valence-electron chi connectivity index (χ3n) is 5.06. The van der Waals surface area contributed by atoms with Gasteiger partial charge in [-0.2, -0.15) is 5.10 Å². The lowest BCUT2D eigenvalue weighted by molar-refractivity contribution is -0.136. The van der Waals surface area contributed by atoms with E-state index in [2.05, 4.69) is 41.6 Å². The Labute approximate surface area is 185 Å². The van der Waals surface area contributed by atoms with Gasteiger partial charge < -0.3 is 10.6 Å². The van der Waals surface area contributed by atoms with Crippen LogP contribution in [0.2, 0.25) is 0 Å². The van der Waals surface area contributed by atoms with Crippen LogP contribution in [-0.4, -0.2) is 36.2 Å². The van der Waals surface area contributed by atoms with E-state index >= 15 is 0 Å². The van der Waals surface area contributed by atoms with E-state index in [1.165, 1.54) is 0 Å². The maximum atomic E-state index is 12.7. The van der Waals surface area contributed by atoms with E-state index in [0.29, 0.717) is 17.3 Å². The predicted molar refractivity (Wildman–Crippen MR) is 120 cm³/mol. The highest BCUT2D eigenvalue weighted by molar-refractivity contribution is 6.39. The number of fused-ring (bicyclic) bond motifs is 1. The molecule has 0 aliphatic rings. The summed E-state index contributed by atoms with van der Waals surface area (Å²) in [5, 5.41) is 18.2. The Bertz CT molecular complexity index is 1280. The van der Waals surface area contributed by atoms with E-state index < -0.39 is 11.8 Å². The van der Waals surface area contributed by atoms with Crippen molar-refractivity contribution >= 4 is 23.3 Å². The smallest absolute Gasteiger partial charge is 0.314 e. The number of pyridine rings is 1. The molecule has 2 amide bonds. The minimum Gasteiger partial charge on any atom is -0.341 e. The number of hydrogen-bond acceptors (Lipinski definition) is 5. The lowest BCUT2D eigenvalue weighted by Gasteiger charge is -2.16. The highest BCUT2D eigenvalue weighted by Gasteiger charge is 2.27. The van der Waals surface area contributed by atoms with Crippen LogP contribution in [0, 0.1) is 6.92 Å². The molecule has 0 saturated carbocycles. The van der Waals surface area contributed by atoms with Crippen molar-refractivity contribution in [3.05, 3.63) is 71.8 Å². The molecule has 0 aliphatic heterocycles. The minimum atomic E-state index is -0.778. The van der Waals surface area contributed by atoms with Crippen molar-refractivity contribution in [2.75, 3.05) is 5.32 Å². The standard InChI is InChI=1S/C23H25N7O2/c1-15-19(23(2,3)4)28-30(16-10-6-5-7-11-16)20(15)25-22(32)21(31)24-14-18-27-26-17-12-8-9-13-29(17)18/h5-13H,14H2,1-4H3,(H,24,31)(H,25,32). The van der Waals surface area contributed by atoms with Crippen molar-refractivity contribution in [2.45, 2.75) is 39.7 Å². The van der Waals surface area contributed by atoms with E-state index in [0.717, 1.165) is 16.9 Å². The summed E-state index contributed by atoms with van der Waals surface area (Å²) in [4.78, 5) is 25.3. The van der Waals surface area contributed by atoms with Crippen LogP contribution >= 0.6 is 0 Å². The molecule has 1 aromatic carbocycles. The lowest BCUT2D eigenvalue weighted by Crippen LogP contribution is -2.36. The van der Waals surface area contributed by atoms with Crippen molar-refractivity contribution in [2.24, 2.45) is 0 Å². The lowest BCUT2D eigenvalue weighted by atomic mass is 9.90. The molecule has 0 saturated heterocycles. The normalized spacial score (nSPS) is 11.5. The molecule has 0 spiro atoms. The number of rotatable bonds is 4. The maximum absolute atomic E-state index is 12.7. The first kappa shape index (κ1) is 21.2. The number of nitrogens with one attached hydrogen (secondary N) is 2. The number of para-hydroxylation sites is 1. The fraction of sp³-hybridized carbons (Fsp3) is 0.261. The molecule has 4 rings (SSSR count). The van der Waals surface area contributed by atoms with Gasteiger partial charge in [0.25, 0.3) is 0 Å². The van der Waals surface area contributed by atoms with E-state index in [-0.39, 0.29) is 12.0 Å². The first-order chi connectivity index (χ1) is 15.3. The second kappa shape index (κ2) is 8.26. The molecule has 0 atom stereocenters. The Kier molecular flexibility index (Phi) is 5.48. The van der Waals surface area contributed by atoms with Crippen LogP contribution < -0.4 is 10.6 Å². The molecule has 0 aliphatic carbocycles. The molecule has 2 N–H and O–H groups in total. The minimum absolute atomic E-state index is 0.0710. The molecule has 0 unspecified atom stereocenters. The van der Waals surface area contributed by atoms with Crippen LogP contribution in [0.5, 0.6) is 0 Å². The molecule has 164 valence electrons. The molecule has 4 aromatic rings. The summed E-state index contributed by atoms with van der Waals surface area (Å²) in [5.74, 6) is -0.550. The van der Waals surface area contributed by atoms with Gasteiger partial charge in [-0.25, -0.2) is 4.68 Å². The third kappa shape index (κ3) is 4.09. The van der Waals surface area contributed by atoms with Gasteiger partial charge in [-0.05, 0) is 31.2 Å². The fourth-order valence-corrected chi connectivity index (χ4v) is 3.53. The number of carbonyl (C=O) groups is 2. The Morgan fingerprint density at radius 2 is 1.69 bits per heavy atom. The summed E-state index contributed by atoms with van der Waals surface area (Å²) in [6.07, 6.45) is 1.80. The summed E-state index contributed by atoms with van der Waals surface area (Å²) in [7, 11) is 0. The van der Waals surface area contributed by atoms with Crippen LogP contribution in [0.15, 0.2) is 54.7 Å². The first-order valence-electron chi connectivity index (χ1n) is 10.3. The van der Waals surface area contributed by atoms with Crippen molar-refractivity contribution < 1.29 is 9.59 Å². The van der Waals surface area contributed by atoms with Crippen molar-refractivity contribution in [1.29, 1.82) is 0 Å². The molecule has 0 bridgehead atoms. The number of carbonyl (C=O) groups excluding carboxylic acids is 2. The summed E-state index contributed by atoms with van der Waals surface area (Å²) in [6, 6.07) is 15.0. The fourth-order valence-electron chi connectivity index (χ4n) is 3.53. The van der Waals surface area contributed by atoms with Gasteiger partial charge in [-0.15, -0.1) is 10.2 Å². The summed E-state index contributed by atoms with van der Waals surface area (Å²) in [5.41, 5.74) is 2.87. The molecule has 9 nitrogen and oxygen atoms in total. The number of anilines is 1. The molecule has 3 aromatic heterocycles. The quantitative estimate of drug-likeness (QED) is 0.483. The van der Waals surface area contributed by atoms with Crippen molar-refractivity contribution in [1.82, 2.24) is 29.7 Å². The molecular weight excluding hydrogens is 406 g/mol. The van der Waals surface area contributed by atoms with Gasteiger partial charge in [0, 0.05) is 17.2 Å². The first-order valence-corrected chi connectivity index (χ1v) is 10.3. The molecule has 3 heterocycles. The number of amides is 2. The molecule has 9 heteroatoms. The second-order valence-electron chi connectivity index (χ2n) is 8.50. The number of benzene rings is 1. The van der Waals surface area contributed by atoms with Gasteiger partial charge >= 0.3 is 11.8 Å². The van der Waals surface area contributed by atoms with Gasteiger partial charge in [-0.3, -0.25) is 14.0 Å². The van der Waals surface area contributed by atoms with Crippen LogP contribution in [-0.2, 0) is 21.5 Å². The predicted octanol–water partition coefficient (Wildman–Crippen LogP) is 2.78. The average Bonchev–Trinajstić information content (AvgIpc) is 3.34. The van der Waals surface area contributed by atoms with Gasteiger partial charge in [0.15, 0.2) is 11.5 Å². The Morgan fingerprint density at radius 1 is 0.969 bits per heavy atom. The largest absolute Gasteiger partial charge is 0.341 e. The highest BCUT2D eigenvalue weighted by Crippen LogP contribution is 2.31. The Morgan fingerprint density at radius 3 is 2.41 bits per heavy atom. The topological polar surface area (TPSA) is 106 Å². The molecular formula is C23H25N7O2. The summed E-state index contributed by atoms with van der Waals surface area (Å²) in [6.45, 7) is 8.13. The zero-order valence-corrected chi connectivity index (χ0v) is 18.5. The molecule has 0 radical (unpaired) electrons. The zero-order chi connectivity index (χ0) is 22.9. The summed E-state index contributed by atoms with van der Waals surface area (Å²) < 4.78 is 3.41. The van der Waals surface area contributed by atoms with E-state index in [1.54, 1.807) is 15.3 Å². The van der Waals surface area contributed by atoms with Crippen LogP contribution in [0.4, 0.5) is 5.82 Å². The number of hydrogen-bond donors (Lipinski definition) is 2. The maximum Gasteiger partial charge on any atom is 0.314 e. The summed E-state index contributed by atoms with van der Waals surface area (Å²) >= 11 is 0. The van der Waals surface area contributed by atoms with Crippen molar-refractivity contribution in [3.8, 4) is 5.69 Å². The van der Waals surface area contributed by atoms with Gasteiger partial charge in [-0.1, -0.05) is 45.0 Å². The van der Waals surface area contributed by atoms with Gasteiger partial charge in [0.2, 0.25) is 0 Å². The SMILES string of the molecule is Cc1c(C(C)(C)C)nn(-c2ccccc2)c1NC(=O)C(=O)NCc1nnc2ccccn12. The number of aromatic nitrogens is 5.